The van der Waals surface area contributed by atoms with Crippen molar-refractivity contribution in [3.63, 3.8) is 0 Å². The van der Waals surface area contributed by atoms with Crippen LogP contribution in [0, 0.1) is 0 Å². The Hall–Kier alpha value is -1.27. The van der Waals surface area contributed by atoms with Gasteiger partial charge >= 0.3 is 5.97 Å². The minimum absolute atomic E-state index is 0.0103. The van der Waals surface area contributed by atoms with E-state index >= 15 is 0 Å². The lowest BCUT2D eigenvalue weighted by molar-refractivity contribution is 0.0692. The van der Waals surface area contributed by atoms with Crippen LogP contribution in [0.4, 0.5) is 0 Å². The summed E-state index contributed by atoms with van der Waals surface area (Å²) in [6.07, 6.45) is 0.292. The Balaban J connectivity index is 2.66. The zero-order chi connectivity index (χ0) is 14.5. The van der Waals surface area contributed by atoms with Gasteiger partial charge in [-0.15, -0.1) is 0 Å². The molecule has 0 bridgehead atoms. The van der Waals surface area contributed by atoms with E-state index < -0.39 is 15.8 Å². The van der Waals surface area contributed by atoms with Gasteiger partial charge in [-0.2, -0.15) is 0 Å². The summed E-state index contributed by atoms with van der Waals surface area (Å²) < 4.78 is 27.8. The van der Waals surface area contributed by atoms with Crippen LogP contribution in [0.3, 0.4) is 0 Å². The second-order valence-electron chi connectivity index (χ2n) is 3.86. The van der Waals surface area contributed by atoms with Crippen LogP contribution in [0.25, 0.3) is 0 Å². The molecule has 0 unspecified atom stereocenters. The summed E-state index contributed by atoms with van der Waals surface area (Å²) in [6.45, 7) is 1.68. The maximum Gasteiger partial charge on any atom is 0.339 e. The summed E-state index contributed by atoms with van der Waals surface area (Å²) in [5.41, 5.74) is -0.0363. The van der Waals surface area contributed by atoms with E-state index in [1.165, 1.54) is 18.2 Å². The van der Waals surface area contributed by atoms with Gasteiger partial charge < -0.3 is 9.84 Å². The molecular weight excluding hydrogens is 292 g/mol. The number of ether oxygens (including phenoxy) is 1. The van der Waals surface area contributed by atoms with E-state index in [1.54, 1.807) is 6.92 Å². The van der Waals surface area contributed by atoms with Gasteiger partial charge in [0.15, 0.2) is 5.75 Å². The number of aromatic carboxylic acids is 1. The van der Waals surface area contributed by atoms with Gasteiger partial charge in [-0.1, -0.05) is 24.6 Å². The van der Waals surface area contributed by atoms with E-state index in [1.807, 2.05) is 0 Å². The Morgan fingerprint density at radius 2 is 2.11 bits per heavy atom. The van der Waals surface area contributed by atoms with Crippen molar-refractivity contribution in [2.75, 3.05) is 18.1 Å². The van der Waals surface area contributed by atoms with Crippen molar-refractivity contribution in [2.45, 2.75) is 13.3 Å². The predicted octanol–water partition coefficient (Wildman–Crippen LogP) is 2.24. The molecule has 0 aliphatic rings. The van der Waals surface area contributed by atoms with Crippen molar-refractivity contribution in [1.29, 1.82) is 0 Å². The molecule has 0 saturated carbocycles. The molecule has 1 aromatic rings. The van der Waals surface area contributed by atoms with E-state index in [0.717, 1.165) is 0 Å². The largest absolute Gasteiger partial charge is 0.491 e. The highest BCUT2D eigenvalue weighted by molar-refractivity contribution is 7.91. The summed E-state index contributed by atoms with van der Waals surface area (Å²) in [6, 6.07) is 4.42. The van der Waals surface area contributed by atoms with Crippen LogP contribution in [-0.2, 0) is 9.84 Å². The predicted molar refractivity (Wildman–Crippen MR) is 72.9 cm³/mol. The van der Waals surface area contributed by atoms with Crippen molar-refractivity contribution < 1.29 is 23.1 Å². The number of sulfone groups is 1. The first-order chi connectivity index (χ1) is 8.87. The van der Waals surface area contributed by atoms with Crippen molar-refractivity contribution in [1.82, 2.24) is 0 Å². The van der Waals surface area contributed by atoms with E-state index in [2.05, 4.69) is 0 Å². The SMILES string of the molecule is CCS(=O)(=O)CCCOc1c(Cl)cccc1C(=O)O. The molecule has 0 atom stereocenters. The van der Waals surface area contributed by atoms with Gasteiger partial charge in [-0.3, -0.25) is 0 Å². The zero-order valence-corrected chi connectivity index (χ0v) is 12.0. The van der Waals surface area contributed by atoms with Crippen LogP contribution in [0.5, 0.6) is 5.75 Å². The van der Waals surface area contributed by atoms with E-state index in [0.29, 0.717) is 6.42 Å². The molecule has 0 heterocycles. The Morgan fingerprint density at radius 1 is 1.42 bits per heavy atom. The maximum absolute atomic E-state index is 11.3. The summed E-state index contributed by atoms with van der Waals surface area (Å²) in [5, 5.41) is 9.17. The average Bonchev–Trinajstić information content (AvgIpc) is 2.35. The third kappa shape index (κ3) is 4.72. The van der Waals surface area contributed by atoms with Crippen LogP contribution < -0.4 is 4.74 Å². The topological polar surface area (TPSA) is 80.7 Å². The molecule has 0 aliphatic heterocycles. The lowest BCUT2D eigenvalue weighted by Gasteiger charge is -2.10. The fourth-order valence-corrected chi connectivity index (χ4v) is 2.50. The zero-order valence-electron chi connectivity index (χ0n) is 10.4. The van der Waals surface area contributed by atoms with Crippen molar-refractivity contribution in [3.8, 4) is 5.75 Å². The minimum Gasteiger partial charge on any atom is -0.491 e. The number of carbonyl (C=O) groups is 1. The molecular formula is C12H15ClO5S. The number of hydrogen-bond acceptors (Lipinski definition) is 4. The number of para-hydroxylation sites is 1. The molecule has 0 saturated heterocycles. The average molecular weight is 307 g/mol. The van der Waals surface area contributed by atoms with Crippen LogP contribution >= 0.6 is 11.6 Å². The van der Waals surface area contributed by atoms with Crippen LogP contribution in [0.1, 0.15) is 23.7 Å². The summed E-state index contributed by atoms with van der Waals surface area (Å²) >= 11 is 5.86. The Bertz CT molecular complexity index is 553. The summed E-state index contributed by atoms with van der Waals surface area (Å²) in [4.78, 5) is 11.0. The van der Waals surface area contributed by atoms with Crippen molar-refractivity contribution >= 4 is 27.4 Å². The quantitative estimate of drug-likeness (QED) is 0.781. The molecule has 0 aromatic heterocycles. The number of rotatable bonds is 7. The molecule has 1 aromatic carbocycles. The first-order valence-corrected chi connectivity index (χ1v) is 7.92. The van der Waals surface area contributed by atoms with E-state index in [4.69, 9.17) is 21.4 Å². The Kier molecular flexibility index (Phi) is 5.62. The molecule has 7 heteroatoms. The van der Waals surface area contributed by atoms with Crippen molar-refractivity contribution in [3.05, 3.63) is 28.8 Å². The number of benzene rings is 1. The smallest absolute Gasteiger partial charge is 0.339 e. The molecule has 0 aliphatic carbocycles. The second kappa shape index (κ2) is 6.77. The lowest BCUT2D eigenvalue weighted by Crippen LogP contribution is -2.12. The molecule has 5 nitrogen and oxygen atoms in total. The molecule has 0 fully saturated rings. The third-order valence-electron chi connectivity index (χ3n) is 2.48. The van der Waals surface area contributed by atoms with Gasteiger partial charge in [-0.25, -0.2) is 13.2 Å². The molecule has 19 heavy (non-hydrogen) atoms. The number of carboxylic acid groups (broad SMARTS) is 1. The first kappa shape index (κ1) is 15.8. The molecule has 1 N–H and O–H groups in total. The van der Waals surface area contributed by atoms with Gasteiger partial charge in [0.1, 0.15) is 15.4 Å². The number of hydrogen-bond donors (Lipinski definition) is 1. The summed E-state index contributed by atoms with van der Waals surface area (Å²) in [5.74, 6) is -0.972. The second-order valence-corrected chi connectivity index (χ2v) is 6.74. The molecule has 0 spiro atoms. The highest BCUT2D eigenvalue weighted by atomic mass is 35.5. The first-order valence-electron chi connectivity index (χ1n) is 5.72. The highest BCUT2D eigenvalue weighted by Crippen LogP contribution is 2.28. The fraction of sp³-hybridized carbons (Fsp3) is 0.417. The highest BCUT2D eigenvalue weighted by Gasteiger charge is 2.15. The monoisotopic (exact) mass is 306 g/mol. The minimum atomic E-state index is -3.04. The molecule has 0 amide bonds. The van der Waals surface area contributed by atoms with E-state index in [-0.39, 0.29) is 34.4 Å². The van der Waals surface area contributed by atoms with Gasteiger partial charge in [0.25, 0.3) is 0 Å². The molecule has 0 radical (unpaired) electrons. The van der Waals surface area contributed by atoms with Gasteiger partial charge in [0, 0.05) is 5.75 Å². The van der Waals surface area contributed by atoms with Gasteiger partial charge in [-0.05, 0) is 18.6 Å². The van der Waals surface area contributed by atoms with E-state index in [9.17, 15) is 13.2 Å². The molecule has 106 valence electrons. The third-order valence-corrected chi connectivity index (χ3v) is 4.57. The maximum atomic E-state index is 11.3. The Morgan fingerprint density at radius 3 is 2.68 bits per heavy atom. The fourth-order valence-electron chi connectivity index (χ4n) is 1.42. The lowest BCUT2D eigenvalue weighted by atomic mass is 10.2. The summed E-state index contributed by atoms with van der Waals surface area (Å²) in [7, 11) is -3.04. The van der Waals surface area contributed by atoms with Crippen LogP contribution in [-0.4, -0.2) is 37.6 Å². The van der Waals surface area contributed by atoms with Gasteiger partial charge in [0.2, 0.25) is 0 Å². The standard InChI is InChI=1S/C12H15ClO5S/c1-2-19(16,17)8-4-7-18-11-9(12(14)15)5-3-6-10(11)13/h3,5-6H,2,4,7-8H2,1H3,(H,14,15). The molecule has 1 rings (SSSR count). The van der Waals surface area contributed by atoms with Crippen LogP contribution in [0.2, 0.25) is 5.02 Å². The van der Waals surface area contributed by atoms with Crippen molar-refractivity contribution in [2.24, 2.45) is 0 Å². The van der Waals surface area contributed by atoms with Crippen LogP contribution in [0.15, 0.2) is 18.2 Å². The number of halogens is 1. The Labute approximate surface area is 117 Å². The van der Waals surface area contributed by atoms with Gasteiger partial charge in [0.05, 0.1) is 17.4 Å². The normalized spacial score (nSPS) is 11.3. The number of carboxylic acids is 1.